The highest BCUT2D eigenvalue weighted by Crippen LogP contribution is 2.68. The Labute approximate surface area is 357 Å². The van der Waals surface area contributed by atoms with E-state index in [1.54, 1.807) is 0 Å². The average molecular weight is 878 g/mol. The summed E-state index contributed by atoms with van der Waals surface area (Å²) in [4.78, 5) is 40.3. The molecule has 0 aromatic rings. The van der Waals surface area contributed by atoms with Crippen LogP contribution in [-0.4, -0.2) is 196 Å². The molecule has 0 aromatic carbocycles. The zero-order valence-electron chi connectivity index (χ0n) is 35.8. The molecule has 0 radical (unpaired) electrons. The summed E-state index contributed by atoms with van der Waals surface area (Å²) >= 11 is 0. The minimum absolute atomic E-state index is 0.0275. The topological polar surface area (TPSA) is 342 Å². The van der Waals surface area contributed by atoms with Crippen molar-refractivity contribution < 1.29 is 80.8 Å². The summed E-state index contributed by atoms with van der Waals surface area (Å²) in [5.41, 5.74) is -0.524. The van der Waals surface area contributed by atoms with E-state index in [1.807, 2.05) is 0 Å². The Kier molecular flexibility index (Phi) is 18.7. The van der Waals surface area contributed by atoms with Crippen LogP contribution < -0.4 is 10.6 Å². The van der Waals surface area contributed by atoms with Gasteiger partial charge < -0.3 is 81.9 Å². The third-order valence-electron chi connectivity index (χ3n) is 15.5. The number of hydrogen-bond donors (Lipinski definition) is 15. The first-order valence-corrected chi connectivity index (χ1v) is 22.2. The van der Waals surface area contributed by atoms with E-state index in [0.29, 0.717) is 25.7 Å². The summed E-state index contributed by atoms with van der Waals surface area (Å²) in [6, 6.07) is 0. The first kappa shape index (κ1) is 51.5. The van der Waals surface area contributed by atoms with E-state index in [2.05, 4.69) is 31.4 Å². The van der Waals surface area contributed by atoms with E-state index in [-0.39, 0.29) is 98.4 Å². The first-order valence-electron chi connectivity index (χ1n) is 22.2. The number of carbonyl (C=O) groups excluding carboxylic acids is 3. The molecular weight excluding hydrogens is 802 g/mol. The van der Waals surface area contributed by atoms with Gasteiger partial charge in [0.1, 0.15) is 36.6 Å². The van der Waals surface area contributed by atoms with Crippen molar-refractivity contribution in [2.24, 2.45) is 46.3 Å². The lowest BCUT2D eigenvalue weighted by atomic mass is 9.43. The van der Waals surface area contributed by atoms with Crippen molar-refractivity contribution in [3.8, 4) is 0 Å². The third-order valence-corrected chi connectivity index (χ3v) is 15.5. The Morgan fingerprint density at radius 2 is 1.23 bits per heavy atom. The Morgan fingerprint density at radius 3 is 1.74 bits per heavy atom. The number of carbonyl (C=O) groups is 3. The SMILES string of the molecule is C[C@H](CCC(=O)N(CCCNC(=O)[C@@H](O)[C@H](O)[C@@H](O)[C@@H](O)CO)CCCNC(=O)[C@@H](O)[C@H](O)[C@@H](O)[C@@H](O)CO)[C@@H]1CC[C@@H]2[C@@H]3[C@H](O)C[C@H]4C[C@H](O)CC[C@]4(C)[C@H]3C[C@H](O)[C@@]21C. The van der Waals surface area contributed by atoms with E-state index in [0.717, 1.165) is 25.7 Å². The Morgan fingerprint density at radius 1 is 0.705 bits per heavy atom. The lowest BCUT2D eigenvalue weighted by Gasteiger charge is -2.63. The van der Waals surface area contributed by atoms with Crippen molar-refractivity contribution in [2.75, 3.05) is 39.4 Å². The largest absolute Gasteiger partial charge is 0.394 e. The Hall–Kier alpha value is -2.11. The predicted molar refractivity (Wildman–Crippen MR) is 216 cm³/mol. The average Bonchev–Trinajstić information content (AvgIpc) is 3.61. The van der Waals surface area contributed by atoms with Gasteiger partial charge in [-0.25, -0.2) is 0 Å². The zero-order valence-corrected chi connectivity index (χ0v) is 35.8. The molecule has 4 aliphatic carbocycles. The van der Waals surface area contributed by atoms with Crippen LogP contribution in [-0.2, 0) is 14.4 Å². The molecule has 0 aromatic heterocycles. The van der Waals surface area contributed by atoms with Gasteiger partial charge in [-0.1, -0.05) is 20.8 Å². The predicted octanol–water partition coefficient (Wildman–Crippen LogP) is -3.92. The second-order valence-electron chi connectivity index (χ2n) is 19.1. The number of fused-ring (bicyclic) bond motifs is 5. The molecule has 0 spiro atoms. The molecule has 3 amide bonds. The van der Waals surface area contributed by atoms with E-state index >= 15 is 0 Å². The van der Waals surface area contributed by atoms with Crippen LogP contribution in [0.1, 0.15) is 91.4 Å². The molecule has 19 heteroatoms. The van der Waals surface area contributed by atoms with Crippen LogP contribution in [0.25, 0.3) is 0 Å². The Bertz CT molecular complexity index is 1380. The number of hydrogen-bond acceptors (Lipinski definition) is 16. The second-order valence-corrected chi connectivity index (χ2v) is 19.1. The number of nitrogens with one attached hydrogen (secondary N) is 2. The summed E-state index contributed by atoms with van der Waals surface area (Å²) in [6.45, 7) is 4.76. The van der Waals surface area contributed by atoms with Gasteiger partial charge in [-0.15, -0.1) is 0 Å². The highest BCUT2D eigenvalue weighted by molar-refractivity contribution is 5.81. The van der Waals surface area contributed by atoms with E-state index < -0.39 is 91.5 Å². The van der Waals surface area contributed by atoms with Crippen molar-refractivity contribution >= 4 is 17.7 Å². The Balaban J connectivity index is 1.37. The minimum atomic E-state index is -2.13. The number of nitrogens with zero attached hydrogens (tertiary/aromatic N) is 1. The summed E-state index contributed by atoms with van der Waals surface area (Å²) in [7, 11) is 0. The van der Waals surface area contributed by atoms with Crippen molar-refractivity contribution in [3.63, 3.8) is 0 Å². The van der Waals surface area contributed by atoms with Crippen molar-refractivity contribution in [1.82, 2.24) is 15.5 Å². The standard InChI is InChI=1S/C42H75N3O16/c1-21(24-7-8-25-32-26(18-30(52)42(24,25)3)41(2)11-10-23(48)16-22(41)17-27(32)49)6-9-31(53)45(14-4-12-43-39(60)37(58)35(56)33(54)28(50)19-46)15-5-13-44-40(61)38(59)36(57)34(55)29(51)20-47/h21-30,32-38,46-52,54-59H,4-20H2,1-3H3,(H,43,60)(H,44,61)/t21-,22-,23-,24+,25-,26+,27-,28+,29+,30+,32+,33+,34+,35-,36-,37+,38+,41+,42-/m1/s1. The van der Waals surface area contributed by atoms with E-state index in [9.17, 15) is 70.6 Å². The number of amides is 3. The molecule has 4 rings (SSSR count). The van der Waals surface area contributed by atoms with Crippen molar-refractivity contribution in [1.29, 1.82) is 0 Å². The molecule has 0 saturated heterocycles. The smallest absolute Gasteiger partial charge is 0.251 e. The molecule has 0 aliphatic heterocycles. The van der Waals surface area contributed by atoms with Crippen LogP contribution >= 0.6 is 0 Å². The summed E-state index contributed by atoms with van der Waals surface area (Å²) in [5, 5.41) is 136. The second kappa shape index (κ2) is 22.2. The first-order chi connectivity index (χ1) is 28.6. The normalized spacial score (nSPS) is 35.5. The molecule has 4 fully saturated rings. The maximum atomic E-state index is 13.9. The molecule has 19 atom stereocenters. The lowest BCUT2D eigenvalue weighted by molar-refractivity contribution is -0.207. The summed E-state index contributed by atoms with van der Waals surface area (Å²) in [5.74, 6) is -1.73. The van der Waals surface area contributed by atoms with Crippen LogP contribution in [0.4, 0.5) is 0 Å². The fourth-order valence-electron chi connectivity index (χ4n) is 11.7. The molecule has 0 bridgehead atoms. The number of aliphatic hydroxyl groups is 13. The van der Waals surface area contributed by atoms with Crippen LogP contribution in [0.15, 0.2) is 0 Å². The van der Waals surface area contributed by atoms with Gasteiger partial charge in [-0.2, -0.15) is 0 Å². The summed E-state index contributed by atoms with van der Waals surface area (Å²) in [6.07, 6.45) is -11.3. The molecule has 15 N–H and O–H groups in total. The monoisotopic (exact) mass is 878 g/mol. The van der Waals surface area contributed by atoms with Gasteiger partial charge in [-0.3, -0.25) is 14.4 Å². The van der Waals surface area contributed by atoms with Gasteiger partial charge >= 0.3 is 0 Å². The van der Waals surface area contributed by atoms with Gasteiger partial charge in [0.05, 0.1) is 31.5 Å². The van der Waals surface area contributed by atoms with Crippen LogP contribution in [0.5, 0.6) is 0 Å². The quantitative estimate of drug-likeness (QED) is 0.0462. The molecule has 0 unspecified atom stereocenters. The molecule has 61 heavy (non-hydrogen) atoms. The van der Waals surface area contributed by atoms with Gasteiger partial charge in [0, 0.05) is 32.6 Å². The molecule has 4 aliphatic rings. The summed E-state index contributed by atoms with van der Waals surface area (Å²) < 4.78 is 0. The maximum Gasteiger partial charge on any atom is 0.251 e. The van der Waals surface area contributed by atoms with Crippen molar-refractivity contribution in [3.05, 3.63) is 0 Å². The van der Waals surface area contributed by atoms with Crippen LogP contribution in [0, 0.1) is 46.3 Å². The minimum Gasteiger partial charge on any atom is -0.394 e. The molecular formula is C42H75N3O16. The highest BCUT2D eigenvalue weighted by atomic mass is 16.4. The fraction of sp³-hybridized carbons (Fsp3) is 0.929. The van der Waals surface area contributed by atoms with E-state index in [4.69, 9.17) is 10.2 Å². The van der Waals surface area contributed by atoms with Crippen molar-refractivity contribution in [2.45, 2.75) is 159 Å². The highest BCUT2D eigenvalue weighted by Gasteiger charge is 2.65. The van der Waals surface area contributed by atoms with E-state index in [1.165, 1.54) is 4.90 Å². The van der Waals surface area contributed by atoms with Crippen LogP contribution in [0.3, 0.4) is 0 Å². The molecule has 0 heterocycles. The maximum absolute atomic E-state index is 13.9. The fourth-order valence-corrected chi connectivity index (χ4v) is 11.7. The van der Waals surface area contributed by atoms with Gasteiger partial charge in [0.15, 0.2) is 12.2 Å². The van der Waals surface area contributed by atoms with Gasteiger partial charge in [0.2, 0.25) is 5.91 Å². The number of aliphatic hydroxyl groups excluding tert-OH is 13. The molecule has 4 saturated carbocycles. The molecule has 354 valence electrons. The number of rotatable bonds is 22. The third kappa shape index (κ3) is 11.4. The zero-order chi connectivity index (χ0) is 45.6. The molecule has 19 nitrogen and oxygen atoms in total. The van der Waals surface area contributed by atoms with Crippen LogP contribution in [0.2, 0.25) is 0 Å². The van der Waals surface area contributed by atoms with Gasteiger partial charge in [0.25, 0.3) is 11.8 Å². The van der Waals surface area contributed by atoms with Gasteiger partial charge in [-0.05, 0) is 111 Å². The lowest BCUT2D eigenvalue weighted by Crippen LogP contribution is -2.62.